The van der Waals surface area contributed by atoms with Gasteiger partial charge in [0.2, 0.25) is 11.7 Å². The molecule has 1 aromatic heterocycles. The molecular formula is C17H24N6O3. The number of carbonyl (C=O) groups excluding carboxylic acids is 2. The highest BCUT2D eigenvalue weighted by Crippen LogP contribution is 2.33. The topological polar surface area (TPSA) is 104 Å². The predicted octanol–water partition coefficient (Wildman–Crippen LogP) is -0.860. The van der Waals surface area contributed by atoms with Gasteiger partial charge in [0.25, 0.3) is 5.91 Å². The third-order valence-electron chi connectivity index (χ3n) is 6.07. The molecule has 9 nitrogen and oxygen atoms in total. The van der Waals surface area contributed by atoms with Gasteiger partial charge >= 0.3 is 0 Å². The number of amides is 2. The number of piperazine rings is 1. The summed E-state index contributed by atoms with van der Waals surface area (Å²) in [7, 11) is 0. The first-order valence-electron chi connectivity index (χ1n) is 9.55. The van der Waals surface area contributed by atoms with Crippen molar-refractivity contribution >= 4 is 11.8 Å². The minimum Gasteiger partial charge on any atom is -0.393 e. The molecule has 2 saturated carbocycles. The molecule has 4 aliphatic rings. The molecule has 1 unspecified atom stereocenters. The van der Waals surface area contributed by atoms with Crippen LogP contribution in [0.1, 0.15) is 48.2 Å². The third-order valence-corrected chi connectivity index (χ3v) is 6.07. The monoisotopic (exact) mass is 360 g/mol. The lowest BCUT2D eigenvalue weighted by Crippen LogP contribution is -2.56. The lowest BCUT2D eigenvalue weighted by Gasteiger charge is -2.45. The largest absolute Gasteiger partial charge is 0.393 e. The summed E-state index contributed by atoms with van der Waals surface area (Å²) in [6.07, 6.45) is 2.90. The van der Waals surface area contributed by atoms with Gasteiger partial charge in [-0.15, -0.1) is 10.2 Å². The minimum absolute atomic E-state index is 0.0126. The number of nitrogens with one attached hydrogen (secondary N) is 1. The van der Waals surface area contributed by atoms with E-state index < -0.39 is 0 Å². The molecule has 2 aliphatic carbocycles. The zero-order chi connectivity index (χ0) is 17.8. The highest BCUT2D eigenvalue weighted by molar-refractivity contribution is 5.91. The molecule has 1 atom stereocenters. The lowest BCUT2D eigenvalue weighted by atomic mass is 9.81. The molecule has 140 valence electrons. The molecule has 3 fully saturated rings. The Kier molecular flexibility index (Phi) is 3.75. The summed E-state index contributed by atoms with van der Waals surface area (Å²) >= 11 is 0. The zero-order valence-electron chi connectivity index (χ0n) is 14.7. The normalized spacial score (nSPS) is 31.0. The lowest BCUT2D eigenvalue weighted by molar-refractivity contribution is -0.146. The summed E-state index contributed by atoms with van der Waals surface area (Å²) in [5, 5.41) is 20.9. The van der Waals surface area contributed by atoms with Crippen molar-refractivity contribution in [1.82, 2.24) is 29.9 Å². The molecule has 9 heteroatoms. The SMILES string of the molecule is O=C(NC1CC1)c1nnc2n1CCN1CCN(C(=O)C3CC(O)C3)CC21. The van der Waals surface area contributed by atoms with Crippen molar-refractivity contribution in [3.8, 4) is 0 Å². The molecule has 2 aliphatic heterocycles. The fraction of sp³-hybridized carbons (Fsp3) is 0.765. The van der Waals surface area contributed by atoms with Crippen LogP contribution in [-0.4, -0.2) is 79.8 Å². The van der Waals surface area contributed by atoms with Crippen LogP contribution in [0.2, 0.25) is 0 Å². The fourth-order valence-corrected chi connectivity index (χ4v) is 4.24. The van der Waals surface area contributed by atoms with Crippen LogP contribution in [0.25, 0.3) is 0 Å². The van der Waals surface area contributed by atoms with Crippen LogP contribution in [-0.2, 0) is 11.3 Å². The van der Waals surface area contributed by atoms with Crippen molar-refractivity contribution in [3.63, 3.8) is 0 Å². The van der Waals surface area contributed by atoms with E-state index in [4.69, 9.17) is 0 Å². The first-order valence-corrected chi connectivity index (χ1v) is 9.55. The highest BCUT2D eigenvalue weighted by atomic mass is 16.3. The Hall–Kier alpha value is -2.00. The number of aliphatic hydroxyl groups is 1. The molecule has 0 aromatic carbocycles. The molecule has 26 heavy (non-hydrogen) atoms. The number of nitrogens with zero attached hydrogens (tertiary/aromatic N) is 5. The Morgan fingerprint density at radius 2 is 1.85 bits per heavy atom. The van der Waals surface area contributed by atoms with Crippen molar-refractivity contribution in [2.24, 2.45) is 5.92 Å². The molecule has 0 bridgehead atoms. The van der Waals surface area contributed by atoms with Crippen LogP contribution in [0.4, 0.5) is 0 Å². The molecule has 5 rings (SSSR count). The number of carbonyl (C=O) groups is 2. The predicted molar refractivity (Wildman–Crippen MR) is 90.1 cm³/mol. The second-order valence-electron chi connectivity index (χ2n) is 7.94. The van der Waals surface area contributed by atoms with E-state index in [9.17, 15) is 14.7 Å². The standard InChI is InChI=1S/C17H24N6O3/c24-12-7-10(8-12)17(26)22-4-3-21-5-6-23-14(13(21)9-22)19-20-15(23)16(25)18-11-1-2-11/h10-13,24H,1-9H2,(H,18,25). The first-order chi connectivity index (χ1) is 12.6. The van der Waals surface area contributed by atoms with Gasteiger partial charge < -0.3 is 19.9 Å². The summed E-state index contributed by atoms with van der Waals surface area (Å²) < 4.78 is 1.92. The number of rotatable bonds is 3. The van der Waals surface area contributed by atoms with Crippen LogP contribution >= 0.6 is 0 Å². The Labute approximate surface area is 151 Å². The van der Waals surface area contributed by atoms with E-state index in [0.717, 1.165) is 31.8 Å². The van der Waals surface area contributed by atoms with E-state index in [2.05, 4.69) is 20.4 Å². The molecule has 3 heterocycles. The van der Waals surface area contributed by atoms with Gasteiger partial charge in [0, 0.05) is 44.7 Å². The maximum atomic E-state index is 12.6. The molecule has 1 saturated heterocycles. The maximum absolute atomic E-state index is 12.6. The van der Waals surface area contributed by atoms with Gasteiger partial charge in [0.05, 0.1) is 12.1 Å². The third kappa shape index (κ3) is 2.69. The van der Waals surface area contributed by atoms with Crippen LogP contribution in [0, 0.1) is 5.92 Å². The van der Waals surface area contributed by atoms with Gasteiger partial charge in [0.15, 0.2) is 5.82 Å². The van der Waals surface area contributed by atoms with E-state index in [1.54, 1.807) is 0 Å². The number of aromatic nitrogens is 3. The van der Waals surface area contributed by atoms with Crippen molar-refractivity contribution in [3.05, 3.63) is 11.6 Å². The van der Waals surface area contributed by atoms with E-state index in [0.29, 0.717) is 38.3 Å². The number of fused-ring (bicyclic) bond motifs is 3. The maximum Gasteiger partial charge on any atom is 0.289 e. The number of hydrogen-bond donors (Lipinski definition) is 2. The highest BCUT2D eigenvalue weighted by Gasteiger charge is 2.42. The fourth-order valence-electron chi connectivity index (χ4n) is 4.24. The quantitative estimate of drug-likeness (QED) is 0.727. The Morgan fingerprint density at radius 3 is 2.58 bits per heavy atom. The second-order valence-corrected chi connectivity index (χ2v) is 7.94. The minimum atomic E-state index is -0.324. The molecule has 2 N–H and O–H groups in total. The number of aliphatic hydroxyl groups excluding tert-OH is 1. The average Bonchev–Trinajstić information content (AvgIpc) is 3.32. The van der Waals surface area contributed by atoms with Gasteiger partial charge in [0.1, 0.15) is 0 Å². The molecule has 1 aromatic rings. The molecule has 2 amide bonds. The van der Waals surface area contributed by atoms with Gasteiger partial charge in [-0.3, -0.25) is 14.5 Å². The van der Waals surface area contributed by atoms with Crippen LogP contribution in [0.3, 0.4) is 0 Å². The van der Waals surface area contributed by atoms with E-state index in [-0.39, 0.29) is 35.9 Å². The zero-order valence-corrected chi connectivity index (χ0v) is 14.7. The van der Waals surface area contributed by atoms with Gasteiger partial charge in [-0.05, 0) is 25.7 Å². The van der Waals surface area contributed by atoms with Crippen molar-refractivity contribution < 1.29 is 14.7 Å². The Balaban J connectivity index is 1.33. The smallest absolute Gasteiger partial charge is 0.289 e. The van der Waals surface area contributed by atoms with Crippen LogP contribution in [0.15, 0.2) is 0 Å². The van der Waals surface area contributed by atoms with Crippen LogP contribution in [0.5, 0.6) is 0 Å². The summed E-state index contributed by atoms with van der Waals surface area (Å²) in [5.41, 5.74) is 0. The summed E-state index contributed by atoms with van der Waals surface area (Å²) in [6.45, 7) is 3.64. The second kappa shape index (κ2) is 6.02. The van der Waals surface area contributed by atoms with E-state index >= 15 is 0 Å². The Morgan fingerprint density at radius 1 is 1.08 bits per heavy atom. The summed E-state index contributed by atoms with van der Waals surface area (Å²) in [4.78, 5) is 29.3. The van der Waals surface area contributed by atoms with Gasteiger partial charge in [-0.1, -0.05) is 0 Å². The molecular weight excluding hydrogens is 336 g/mol. The molecule has 0 spiro atoms. The number of hydrogen-bond acceptors (Lipinski definition) is 6. The van der Waals surface area contributed by atoms with Gasteiger partial charge in [-0.25, -0.2) is 0 Å². The Bertz CT molecular complexity index is 739. The van der Waals surface area contributed by atoms with Crippen LogP contribution < -0.4 is 5.32 Å². The summed E-state index contributed by atoms with van der Waals surface area (Å²) in [5.74, 6) is 1.11. The summed E-state index contributed by atoms with van der Waals surface area (Å²) in [6, 6.07) is 0.276. The van der Waals surface area contributed by atoms with Crippen molar-refractivity contribution in [2.75, 3.05) is 26.2 Å². The molecule has 0 radical (unpaired) electrons. The van der Waals surface area contributed by atoms with E-state index in [1.165, 1.54) is 0 Å². The first kappa shape index (κ1) is 16.2. The van der Waals surface area contributed by atoms with Crippen molar-refractivity contribution in [1.29, 1.82) is 0 Å². The average molecular weight is 360 g/mol. The van der Waals surface area contributed by atoms with E-state index in [1.807, 2.05) is 9.47 Å². The van der Waals surface area contributed by atoms with Crippen molar-refractivity contribution in [2.45, 2.75) is 50.4 Å². The van der Waals surface area contributed by atoms with Gasteiger partial charge in [-0.2, -0.15) is 0 Å².